The topological polar surface area (TPSA) is 95.5 Å². The number of likely N-dealkylation sites (tertiary alicyclic amines) is 1. The van der Waals surface area contributed by atoms with E-state index in [1.54, 1.807) is 35.4 Å². The van der Waals surface area contributed by atoms with Crippen LogP contribution in [0.25, 0.3) is 22.4 Å². The Labute approximate surface area is 200 Å². The second kappa shape index (κ2) is 9.70. The van der Waals surface area contributed by atoms with Gasteiger partial charge in [-0.1, -0.05) is 36.4 Å². The molecule has 1 fully saturated rings. The summed E-state index contributed by atoms with van der Waals surface area (Å²) in [6, 6.07) is 14.7. The van der Waals surface area contributed by atoms with E-state index in [4.69, 9.17) is 9.84 Å². The van der Waals surface area contributed by atoms with Gasteiger partial charge in [0.05, 0.1) is 23.5 Å². The quantitative estimate of drug-likeness (QED) is 0.519. The van der Waals surface area contributed by atoms with Crippen molar-refractivity contribution in [3.8, 4) is 22.4 Å². The van der Waals surface area contributed by atoms with Gasteiger partial charge in [0.25, 0.3) is 0 Å². The lowest BCUT2D eigenvalue weighted by molar-refractivity contribution is 0.0218. The van der Waals surface area contributed by atoms with Gasteiger partial charge in [-0.2, -0.15) is 13.5 Å². The molecule has 7 nitrogen and oxygen atoms in total. The maximum atomic E-state index is 12.6. The number of rotatable bonds is 4. The molecule has 1 aliphatic heterocycles. The standard InChI is InChI=1S/C25H27N3O4.H2S/c1-25(2,3)32-24(31)28-14-4-5-21(28)22-26-15-20(27-22)18-10-6-16(7-11-18)17-8-12-19(13-9-17)23(29)30;/h6-13,15,21H,4-5,14H2,1-3H3,(H,26,27)(H,29,30);1H2/t21-;/m0./s1. The molecule has 0 saturated carbocycles. The highest BCUT2D eigenvalue weighted by Crippen LogP contribution is 2.33. The molecule has 0 unspecified atom stereocenters. The summed E-state index contributed by atoms with van der Waals surface area (Å²) in [5.74, 6) is -0.175. The Morgan fingerprint density at radius 1 is 1.03 bits per heavy atom. The van der Waals surface area contributed by atoms with Crippen LogP contribution in [0.5, 0.6) is 0 Å². The van der Waals surface area contributed by atoms with E-state index in [-0.39, 0.29) is 31.2 Å². The number of carbonyl (C=O) groups is 2. The normalized spacial score (nSPS) is 15.7. The van der Waals surface area contributed by atoms with E-state index in [9.17, 15) is 9.59 Å². The highest BCUT2D eigenvalue weighted by molar-refractivity contribution is 7.59. The molecule has 1 aromatic heterocycles. The van der Waals surface area contributed by atoms with Gasteiger partial charge in [-0.05, 0) is 62.4 Å². The van der Waals surface area contributed by atoms with Crippen LogP contribution in [-0.4, -0.2) is 44.2 Å². The highest BCUT2D eigenvalue weighted by Gasteiger charge is 2.34. The molecular formula is C25H29N3O4S. The Bertz CT molecular complexity index is 1120. The first-order valence-electron chi connectivity index (χ1n) is 10.7. The third-order valence-electron chi connectivity index (χ3n) is 5.45. The number of hydrogen-bond acceptors (Lipinski definition) is 4. The van der Waals surface area contributed by atoms with Crippen molar-refractivity contribution < 1.29 is 19.4 Å². The average molecular weight is 468 g/mol. The minimum Gasteiger partial charge on any atom is -0.478 e. The largest absolute Gasteiger partial charge is 0.478 e. The van der Waals surface area contributed by atoms with E-state index in [1.807, 2.05) is 45.0 Å². The second-order valence-electron chi connectivity index (χ2n) is 8.97. The van der Waals surface area contributed by atoms with E-state index >= 15 is 0 Å². The first-order valence-corrected chi connectivity index (χ1v) is 10.7. The van der Waals surface area contributed by atoms with Gasteiger partial charge in [0.2, 0.25) is 0 Å². The SMILES string of the molecule is CC(C)(C)OC(=O)N1CCC[C@H]1c1ncc(-c2ccc(-c3ccc(C(=O)O)cc3)cc2)[nH]1.S. The minimum absolute atomic E-state index is 0. The van der Waals surface area contributed by atoms with Crippen LogP contribution in [0.3, 0.4) is 0 Å². The van der Waals surface area contributed by atoms with Gasteiger partial charge in [0.15, 0.2) is 0 Å². The molecule has 2 aromatic carbocycles. The van der Waals surface area contributed by atoms with Gasteiger partial charge in [-0.3, -0.25) is 4.90 Å². The van der Waals surface area contributed by atoms with Crippen molar-refractivity contribution >= 4 is 25.6 Å². The van der Waals surface area contributed by atoms with E-state index in [0.717, 1.165) is 41.1 Å². The number of carboxylic acid groups (broad SMARTS) is 1. The van der Waals surface area contributed by atoms with Crippen molar-refractivity contribution in [2.75, 3.05) is 6.54 Å². The molecule has 3 aromatic rings. The van der Waals surface area contributed by atoms with Gasteiger partial charge in [0, 0.05) is 6.54 Å². The smallest absolute Gasteiger partial charge is 0.410 e. The number of amides is 1. The lowest BCUT2D eigenvalue weighted by Crippen LogP contribution is -2.36. The van der Waals surface area contributed by atoms with Crippen LogP contribution in [0.2, 0.25) is 0 Å². The number of aromatic nitrogens is 2. The maximum Gasteiger partial charge on any atom is 0.410 e. The maximum absolute atomic E-state index is 12.6. The fourth-order valence-electron chi connectivity index (χ4n) is 3.89. The number of carbonyl (C=O) groups excluding carboxylic acids is 1. The van der Waals surface area contributed by atoms with Gasteiger partial charge in [0.1, 0.15) is 11.4 Å². The van der Waals surface area contributed by atoms with Crippen LogP contribution in [0, 0.1) is 0 Å². The van der Waals surface area contributed by atoms with Gasteiger partial charge < -0.3 is 14.8 Å². The molecule has 0 radical (unpaired) electrons. The van der Waals surface area contributed by atoms with Crippen LogP contribution in [0.15, 0.2) is 54.7 Å². The van der Waals surface area contributed by atoms with Crippen molar-refractivity contribution in [3.05, 3.63) is 66.1 Å². The Hall–Kier alpha value is -3.26. The molecule has 0 spiro atoms. The number of imidazole rings is 1. The number of nitrogens with zero attached hydrogens (tertiary/aromatic N) is 2. The van der Waals surface area contributed by atoms with E-state index < -0.39 is 11.6 Å². The van der Waals surface area contributed by atoms with E-state index in [2.05, 4.69) is 9.97 Å². The molecule has 0 bridgehead atoms. The van der Waals surface area contributed by atoms with Crippen molar-refractivity contribution in [3.63, 3.8) is 0 Å². The molecule has 1 amide bonds. The lowest BCUT2D eigenvalue weighted by atomic mass is 10.0. The van der Waals surface area contributed by atoms with Crippen LogP contribution in [-0.2, 0) is 4.74 Å². The Balaban J connectivity index is 0.00000306. The summed E-state index contributed by atoms with van der Waals surface area (Å²) >= 11 is 0. The summed E-state index contributed by atoms with van der Waals surface area (Å²) in [5, 5.41) is 9.05. The summed E-state index contributed by atoms with van der Waals surface area (Å²) in [4.78, 5) is 33.3. The monoisotopic (exact) mass is 467 g/mol. The number of benzene rings is 2. The summed E-state index contributed by atoms with van der Waals surface area (Å²) in [7, 11) is 0. The molecule has 33 heavy (non-hydrogen) atoms. The van der Waals surface area contributed by atoms with Gasteiger partial charge in [-0.15, -0.1) is 0 Å². The van der Waals surface area contributed by atoms with Gasteiger partial charge in [-0.25, -0.2) is 14.6 Å². The fraction of sp³-hybridized carbons (Fsp3) is 0.320. The van der Waals surface area contributed by atoms with Crippen molar-refractivity contribution in [2.24, 2.45) is 0 Å². The molecule has 1 aliphatic rings. The third-order valence-corrected chi connectivity index (χ3v) is 5.45. The molecule has 0 aliphatic carbocycles. The Kier molecular flexibility index (Phi) is 7.17. The van der Waals surface area contributed by atoms with Gasteiger partial charge >= 0.3 is 12.1 Å². The van der Waals surface area contributed by atoms with Crippen LogP contribution in [0.1, 0.15) is 55.8 Å². The summed E-state index contributed by atoms with van der Waals surface area (Å²) in [5.41, 5.74) is 3.54. The molecule has 4 rings (SSSR count). The molecule has 2 heterocycles. The molecular weight excluding hydrogens is 438 g/mol. The number of ether oxygens (including phenoxy) is 1. The molecule has 1 saturated heterocycles. The number of nitrogens with one attached hydrogen (secondary N) is 1. The third kappa shape index (κ3) is 5.57. The van der Waals surface area contributed by atoms with Crippen LogP contribution >= 0.6 is 13.5 Å². The lowest BCUT2D eigenvalue weighted by Gasteiger charge is -2.27. The predicted octanol–water partition coefficient (Wildman–Crippen LogP) is 5.63. The molecule has 174 valence electrons. The first kappa shape index (κ1) is 24.4. The van der Waals surface area contributed by atoms with Crippen LogP contribution < -0.4 is 0 Å². The first-order chi connectivity index (χ1) is 15.2. The molecule has 2 N–H and O–H groups in total. The number of carboxylic acids is 1. The highest BCUT2D eigenvalue weighted by atomic mass is 32.1. The summed E-state index contributed by atoms with van der Waals surface area (Å²) in [6.45, 7) is 6.26. The zero-order chi connectivity index (χ0) is 22.9. The fourth-order valence-corrected chi connectivity index (χ4v) is 3.89. The zero-order valence-electron chi connectivity index (χ0n) is 19.0. The number of hydrogen-bond donors (Lipinski definition) is 2. The summed E-state index contributed by atoms with van der Waals surface area (Å²) in [6.07, 6.45) is 3.24. The number of H-pyrrole nitrogens is 1. The molecule has 8 heteroatoms. The Morgan fingerprint density at radius 2 is 1.61 bits per heavy atom. The van der Waals surface area contributed by atoms with Crippen molar-refractivity contribution in [1.82, 2.24) is 14.9 Å². The predicted molar refractivity (Wildman–Crippen MR) is 132 cm³/mol. The molecule has 1 atom stereocenters. The number of aromatic amines is 1. The Morgan fingerprint density at radius 3 is 2.18 bits per heavy atom. The van der Waals surface area contributed by atoms with Crippen molar-refractivity contribution in [2.45, 2.75) is 45.3 Å². The van der Waals surface area contributed by atoms with E-state index in [1.165, 1.54) is 0 Å². The van der Waals surface area contributed by atoms with Crippen LogP contribution in [0.4, 0.5) is 4.79 Å². The van der Waals surface area contributed by atoms with E-state index in [0.29, 0.717) is 6.54 Å². The van der Waals surface area contributed by atoms with Crippen molar-refractivity contribution in [1.29, 1.82) is 0 Å². The zero-order valence-corrected chi connectivity index (χ0v) is 20.0. The number of aromatic carboxylic acids is 1. The summed E-state index contributed by atoms with van der Waals surface area (Å²) < 4.78 is 5.55. The average Bonchev–Trinajstić information content (AvgIpc) is 3.42. The second-order valence-corrected chi connectivity index (χ2v) is 8.97. The minimum atomic E-state index is -0.936.